The number of nitro groups is 1. The quantitative estimate of drug-likeness (QED) is 0.518. The van der Waals surface area contributed by atoms with Crippen molar-refractivity contribution < 1.29 is 14.5 Å². The Morgan fingerprint density at radius 2 is 2.00 bits per heavy atom. The number of aromatic nitrogens is 1. The van der Waals surface area contributed by atoms with Crippen molar-refractivity contribution >= 4 is 11.7 Å². The lowest BCUT2D eigenvalue weighted by Gasteiger charge is -2.05. The number of nitrogens with one attached hydrogen (secondary N) is 1. The van der Waals surface area contributed by atoms with Crippen LogP contribution in [0.1, 0.15) is 17.7 Å². The van der Waals surface area contributed by atoms with E-state index < -0.39 is 22.1 Å². The molecule has 114 valence electrons. The third-order valence-corrected chi connectivity index (χ3v) is 2.97. The molecule has 0 fully saturated rings. The van der Waals surface area contributed by atoms with E-state index in [4.69, 9.17) is 4.74 Å². The molecule has 2 rings (SSSR count). The highest BCUT2D eigenvalue weighted by Gasteiger charge is 2.23. The van der Waals surface area contributed by atoms with Crippen LogP contribution in [0.2, 0.25) is 0 Å². The Kier molecular flexibility index (Phi) is 4.67. The number of aryl methyl sites for hydroxylation is 2. The normalized spacial score (nSPS) is 10.2. The molecule has 0 unspecified atom stereocenters. The van der Waals surface area contributed by atoms with Crippen LogP contribution >= 0.6 is 0 Å². The first-order valence-electron chi connectivity index (χ1n) is 6.60. The number of nitrogens with zero attached hydrogens (tertiary/aromatic N) is 1. The minimum Gasteiger partial charge on any atom is -0.419 e. The Hall–Kier alpha value is -2.96. The maximum atomic E-state index is 11.8. The fourth-order valence-electron chi connectivity index (χ4n) is 1.97. The summed E-state index contributed by atoms with van der Waals surface area (Å²) < 4.78 is 4.99. The van der Waals surface area contributed by atoms with Gasteiger partial charge in [-0.05, 0) is 18.9 Å². The molecular weight excluding hydrogens is 288 g/mol. The molecule has 0 bridgehead atoms. The number of esters is 1. The summed E-state index contributed by atoms with van der Waals surface area (Å²) in [5, 5.41) is 10.9. The number of hydrogen-bond acceptors (Lipinski definition) is 5. The SMILES string of the molecule is Cc1cc(OC(=O)CCc2ccccc2)c([N+](=O)[O-])c(=O)[nH]1. The van der Waals surface area contributed by atoms with E-state index in [1.54, 1.807) is 6.92 Å². The Morgan fingerprint density at radius 3 is 2.64 bits per heavy atom. The van der Waals surface area contributed by atoms with Crippen LogP contribution in [0, 0.1) is 17.0 Å². The smallest absolute Gasteiger partial charge is 0.376 e. The van der Waals surface area contributed by atoms with Crippen molar-refractivity contribution in [3.8, 4) is 5.75 Å². The van der Waals surface area contributed by atoms with Crippen LogP contribution in [-0.2, 0) is 11.2 Å². The number of aromatic amines is 1. The van der Waals surface area contributed by atoms with E-state index >= 15 is 0 Å². The van der Waals surface area contributed by atoms with Gasteiger partial charge in [-0.3, -0.25) is 19.7 Å². The molecule has 22 heavy (non-hydrogen) atoms. The van der Waals surface area contributed by atoms with E-state index in [-0.39, 0.29) is 12.2 Å². The molecule has 0 saturated carbocycles. The zero-order chi connectivity index (χ0) is 16.1. The molecule has 1 N–H and O–H groups in total. The number of rotatable bonds is 5. The molecule has 7 nitrogen and oxygen atoms in total. The van der Waals surface area contributed by atoms with Crippen LogP contribution in [0.4, 0.5) is 5.69 Å². The Morgan fingerprint density at radius 1 is 1.32 bits per heavy atom. The summed E-state index contributed by atoms with van der Waals surface area (Å²) in [5.41, 5.74) is -0.327. The van der Waals surface area contributed by atoms with E-state index in [1.807, 2.05) is 30.3 Å². The van der Waals surface area contributed by atoms with Crippen molar-refractivity contribution in [1.29, 1.82) is 0 Å². The molecule has 0 amide bonds. The first-order chi connectivity index (χ1) is 10.5. The van der Waals surface area contributed by atoms with Gasteiger partial charge in [0.1, 0.15) is 0 Å². The van der Waals surface area contributed by atoms with Crippen LogP contribution in [0.25, 0.3) is 0 Å². The van der Waals surface area contributed by atoms with Gasteiger partial charge in [0.15, 0.2) is 0 Å². The zero-order valence-electron chi connectivity index (χ0n) is 11.9. The standard InChI is InChI=1S/C15H14N2O5/c1-10-9-12(14(17(20)21)15(19)16-10)22-13(18)8-7-11-5-3-2-4-6-11/h2-6,9H,7-8H2,1H3,(H,16,19). The summed E-state index contributed by atoms with van der Waals surface area (Å²) >= 11 is 0. The van der Waals surface area contributed by atoms with Gasteiger partial charge < -0.3 is 9.72 Å². The lowest BCUT2D eigenvalue weighted by molar-refractivity contribution is -0.387. The molecule has 0 spiro atoms. The van der Waals surface area contributed by atoms with Gasteiger partial charge in [-0.15, -0.1) is 0 Å². The van der Waals surface area contributed by atoms with Gasteiger partial charge in [0.2, 0.25) is 5.75 Å². The largest absolute Gasteiger partial charge is 0.419 e. The van der Waals surface area contributed by atoms with Crippen molar-refractivity contribution in [2.45, 2.75) is 19.8 Å². The van der Waals surface area contributed by atoms with Crippen molar-refractivity contribution in [3.63, 3.8) is 0 Å². The van der Waals surface area contributed by atoms with Gasteiger partial charge in [-0.2, -0.15) is 0 Å². The Bertz CT molecular complexity index is 752. The number of carbonyl (C=O) groups excluding carboxylic acids is 1. The molecule has 0 aliphatic heterocycles. The molecule has 0 aliphatic rings. The highest BCUT2D eigenvalue weighted by molar-refractivity contribution is 5.74. The number of pyridine rings is 1. The second kappa shape index (κ2) is 6.66. The number of carbonyl (C=O) groups is 1. The van der Waals surface area contributed by atoms with Crippen molar-refractivity contribution in [1.82, 2.24) is 4.98 Å². The van der Waals surface area contributed by atoms with Crippen molar-refractivity contribution in [2.24, 2.45) is 0 Å². The third kappa shape index (κ3) is 3.78. The zero-order valence-corrected chi connectivity index (χ0v) is 11.9. The van der Waals surface area contributed by atoms with Gasteiger partial charge in [-0.25, -0.2) is 0 Å². The molecule has 1 aromatic heterocycles. The summed E-state index contributed by atoms with van der Waals surface area (Å²) in [7, 11) is 0. The fourth-order valence-corrected chi connectivity index (χ4v) is 1.97. The van der Waals surface area contributed by atoms with E-state index in [0.717, 1.165) is 5.56 Å². The van der Waals surface area contributed by atoms with Crippen molar-refractivity contribution in [3.05, 3.63) is 68.1 Å². The highest BCUT2D eigenvalue weighted by atomic mass is 16.6. The predicted molar refractivity (Wildman–Crippen MR) is 78.9 cm³/mol. The maximum Gasteiger partial charge on any atom is 0.376 e. The topological polar surface area (TPSA) is 102 Å². The van der Waals surface area contributed by atoms with Crippen LogP contribution in [0.3, 0.4) is 0 Å². The molecule has 2 aromatic rings. The Balaban J connectivity index is 2.11. The number of ether oxygens (including phenoxy) is 1. The molecule has 0 aliphatic carbocycles. The van der Waals surface area contributed by atoms with Gasteiger partial charge in [0, 0.05) is 18.2 Å². The van der Waals surface area contributed by atoms with Gasteiger partial charge in [0.05, 0.1) is 4.92 Å². The predicted octanol–water partition coefficient (Wildman–Crippen LogP) is 2.13. The summed E-state index contributed by atoms with van der Waals surface area (Å²) in [6.07, 6.45) is 0.517. The first kappa shape index (κ1) is 15.4. The maximum absolute atomic E-state index is 11.8. The van der Waals surface area contributed by atoms with Crippen LogP contribution in [0.5, 0.6) is 5.75 Å². The molecule has 0 saturated heterocycles. The fraction of sp³-hybridized carbons (Fsp3) is 0.200. The molecule has 0 radical (unpaired) electrons. The van der Waals surface area contributed by atoms with Crippen molar-refractivity contribution in [2.75, 3.05) is 0 Å². The number of hydrogen-bond donors (Lipinski definition) is 1. The lowest BCUT2D eigenvalue weighted by atomic mass is 10.1. The average molecular weight is 302 g/mol. The summed E-state index contributed by atoms with van der Waals surface area (Å²) in [6.45, 7) is 1.55. The molecule has 1 aromatic carbocycles. The van der Waals surface area contributed by atoms with Crippen LogP contribution in [-0.4, -0.2) is 15.9 Å². The minimum atomic E-state index is -0.893. The third-order valence-electron chi connectivity index (χ3n) is 2.97. The number of H-pyrrole nitrogens is 1. The van der Waals surface area contributed by atoms with E-state index in [2.05, 4.69) is 4.98 Å². The van der Waals surface area contributed by atoms with E-state index in [0.29, 0.717) is 12.1 Å². The molecule has 0 atom stereocenters. The van der Waals surface area contributed by atoms with E-state index in [1.165, 1.54) is 6.07 Å². The van der Waals surface area contributed by atoms with Gasteiger partial charge in [0.25, 0.3) is 0 Å². The van der Waals surface area contributed by atoms with Gasteiger partial charge >= 0.3 is 17.2 Å². The number of benzene rings is 1. The first-order valence-corrected chi connectivity index (χ1v) is 6.60. The Labute approximate surface area is 125 Å². The average Bonchev–Trinajstić information content (AvgIpc) is 2.45. The lowest BCUT2D eigenvalue weighted by Crippen LogP contribution is -2.17. The highest BCUT2D eigenvalue weighted by Crippen LogP contribution is 2.23. The molecule has 7 heteroatoms. The van der Waals surface area contributed by atoms with E-state index in [9.17, 15) is 19.7 Å². The second-order valence-corrected chi connectivity index (χ2v) is 4.71. The monoisotopic (exact) mass is 302 g/mol. The summed E-state index contributed by atoms with van der Waals surface area (Å²) in [4.78, 5) is 35.7. The summed E-state index contributed by atoms with van der Waals surface area (Å²) in [6, 6.07) is 10.6. The molecular formula is C15H14N2O5. The second-order valence-electron chi connectivity index (χ2n) is 4.71. The van der Waals surface area contributed by atoms with Gasteiger partial charge in [-0.1, -0.05) is 30.3 Å². The minimum absolute atomic E-state index is 0.0625. The van der Waals surface area contributed by atoms with Crippen LogP contribution in [0.15, 0.2) is 41.2 Å². The summed E-state index contributed by atoms with van der Waals surface area (Å²) in [5.74, 6) is -0.957. The van der Waals surface area contributed by atoms with Crippen LogP contribution < -0.4 is 10.3 Å². The molecule has 1 heterocycles.